The third-order valence-electron chi connectivity index (χ3n) is 6.86. The minimum absolute atomic E-state index is 0.00366. The number of hydrogen-bond donors (Lipinski definition) is 1. The zero-order valence-corrected chi connectivity index (χ0v) is 19.0. The van der Waals surface area contributed by atoms with Crippen molar-refractivity contribution in [1.29, 1.82) is 0 Å². The molecule has 0 bridgehead atoms. The zero-order valence-electron chi connectivity index (χ0n) is 19.0. The number of likely N-dealkylation sites (tertiary alicyclic amines) is 1. The van der Waals surface area contributed by atoms with Crippen LogP contribution >= 0.6 is 0 Å². The zero-order chi connectivity index (χ0) is 23.1. The molecular weight excluding hydrogens is 416 g/mol. The van der Waals surface area contributed by atoms with Crippen molar-refractivity contribution in [2.24, 2.45) is 7.05 Å². The summed E-state index contributed by atoms with van der Waals surface area (Å²) in [6, 6.07) is 14.3. The topological polar surface area (TPSA) is 71.8 Å². The first-order valence-corrected chi connectivity index (χ1v) is 11.6. The maximum atomic E-state index is 13.3. The highest BCUT2D eigenvalue weighted by Gasteiger charge is 2.49. The molecule has 2 aliphatic rings. The molecule has 33 heavy (non-hydrogen) atoms. The Bertz CT molecular complexity index is 1250. The Balaban J connectivity index is 1.70. The van der Waals surface area contributed by atoms with Crippen molar-refractivity contribution in [2.45, 2.75) is 44.7 Å². The largest absolute Gasteiger partial charge is 0.507 e. The minimum atomic E-state index is -0.620. The van der Waals surface area contributed by atoms with Gasteiger partial charge in [0.1, 0.15) is 11.5 Å². The number of Topliss-reactive ketones (excluding diaryl/α,β-unsaturated/α-hetero) is 1. The molecule has 1 amide bonds. The molecule has 2 fully saturated rings. The van der Waals surface area contributed by atoms with E-state index in [1.54, 1.807) is 29.2 Å². The normalized spacial score (nSPS) is 20.8. The predicted octanol–water partition coefficient (Wildman–Crippen LogP) is 4.94. The number of fused-ring (bicyclic) bond motifs is 1. The molecule has 0 radical (unpaired) electrons. The number of aryl methyl sites for hydroxylation is 1. The van der Waals surface area contributed by atoms with Crippen molar-refractivity contribution in [1.82, 2.24) is 9.47 Å². The average Bonchev–Trinajstić information content (AvgIpc) is 3.53. The van der Waals surface area contributed by atoms with E-state index in [0.717, 1.165) is 42.1 Å². The Labute approximate surface area is 193 Å². The van der Waals surface area contributed by atoms with E-state index in [-0.39, 0.29) is 17.4 Å². The van der Waals surface area contributed by atoms with Crippen LogP contribution in [0.3, 0.4) is 0 Å². The SMILES string of the molecule is CCOc1ccc(/C(O)=C2\C(=O)C(=O)N(C3CCCC3)C2c2cn(C)c3ccccc23)cc1. The molecule has 6 heteroatoms. The molecular formula is C27H28N2O4. The Morgan fingerprint density at radius 3 is 2.45 bits per heavy atom. The van der Waals surface area contributed by atoms with Crippen LogP contribution in [0.5, 0.6) is 5.75 Å². The highest BCUT2D eigenvalue weighted by molar-refractivity contribution is 6.46. The van der Waals surface area contributed by atoms with E-state index < -0.39 is 17.7 Å². The lowest BCUT2D eigenvalue weighted by Gasteiger charge is -2.30. The van der Waals surface area contributed by atoms with Crippen LogP contribution in [0.2, 0.25) is 0 Å². The molecule has 1 N–H and O–H groups in total. The first kappa shape index (κ1) is 21.3. The van der Waals surface area contributed by atoms with Crippen LogP contribution in [-0.2, 0) is 16.6 Å². The number of aliphatic hydroxyl groups excluding tert-OH is 1. The number of nitrogens with zero attached hydrogens (tertiary/aromatic N) is 2. The Morgan fingerprint density at radius 2 is 1.76 bits per heavy atom. The second-order valence-electron chi connectivity index (χ2n) is 8.81. The summed E-state index contributed by atoms with van der Waals surface area (Å²) in [5.41, 5.74) is 2.54. The molecule has 170 valence electrons. The van der Waals surface area contributed by atoms with E-state index in [0.29, 0.717) is 17.9 Å². The summed E-state index contributed by atoms with van der Waals surface area (Å²) in [7, 11) is 1.96. The van der Waals surface area contributed by atoms with Crippen molar-refractivity contribution in [3.63, 3.8) is 0 Å². The number of rotatable bonds is 5. The van der Waals surface area contributed by atoms with E-state index >= 15 is 0 Å². The maximum absolute atomic E-state index is 13.3. The third-order valence-corrected chi connectivity index (χ3v) is 6.86. The molecule has 2 heterocycles. The summed E-state index contributed by atoms with van der Waals surface area (Å²) in [4.78, 5) is 28.4. The van der Waals surface area contributed by atoms with Gasteiger partial charge in [0.2, 0.25) is 0 Å². The number of carbonyl (C=O) groups excluding carboxylic acids is 2. The quantitative estimate of drug-likeness (QED) is 0.344. The van der Waals surface area contributed by atoms with Crippen LogP contribution in [0.4, 0.5) is 0 Å². The molecule has 1 unspecified atom stereocenters. The van der Waals surface area contributed by atoms with Gasteiger partial charge in [-0.2, -0.15) is 0 Å². The number of aromatic nitrogens is 1. The van der Waals surface area contributed by atoms with Crippen LogP contribution in [0.15, 0.2) is 60.3 Å². The summed E-state index contributed by atoms with van der Waals surface area (Å²) in [5, 5.41) is 12.3. The number of aliphatic hydroxyl groups is 1. The van der Waals surface area contributed by atoms with Crippen LogP contribution in [-0.4, -0.2) is 38.9 Å². The van der Waals surface area contributed by atoms with Crippen LogP contribution in [0.25, 0.3) is 16.7 Å². The monoisotopic (exact) mass is 444 g/mol. The number of benzene rings is 2. The first-order valence-electron chi connectivity index (χ1n) is 11.6. The summed E-state index contributed by atoms with van der Waals surface area (Å²) in [5.74, 6) is -0.598. The Kier molecular flexibility index (Phi) is 5.44. The van der Waals surface area contributed by atoms with Crippen LogP contribution in [0, 0.1) is 0 Å². The van der Waals surface area contributed by atoms with E-state index in [1.165, 1.54) is 0 Å². The van der Waals surface area contributed by atoms with E-state index in [4.69, 9.17) is 4.74 Å². The molecule has 1 saturated carbocycles. The van der Waals surface area contributed by atoms with Gasteiger partial charge in [0, 0.05) is 41.3 Å². The molecule has 3 aromatic rings. The van der Waals surface area contributed by atoms with Crippen molar-refractivity contribution < 1.29 is 19.4 Å². The average molecular weight is 445 g/mol. The van der Waals surface area contributed by atoms with E-state index in [1.807, 2.05) is 49.0 Å². The summed E-state index contributed by atoms with van der Waals surface area (Å²) in [6.07, 6.45) is 5.80. The van der Waals surface area contributed by atoms with Crippen LogP contribution < -0.4 is 4.74 Å². The molecule has 1 atom stereocenters. The highest BCUT2D eigenvalue weighted by atomic mass is 16.5. The number of hydrogen-bond acceptors (Lipinski definition) is 4. The molecule has 1 aliphatic carbocycles. The standard InChI is InChI=1S/C27H28N2O4/c1-3-33-19-14-12-17(13-15-19)25(30)23-24(21-16-28(2)22-11-7-6-10-20(21)22)29(27(32)26(23)31)18-8-4-5-9-18/h6-7,10-16,18,24,30H,3-5,8-9H2,1-2H3/b25-23+. The van der Waals surface area contributed by atoms with Gasteiger partial charge in [0.05, 0.1) is 18.2 Å². The lowest BCUT2D eigenvalue weighted by molar-refractivity contribution is -0.141. The van der Waals surface area contributed by atoms with Gasteiger partial charge in [0.15, 0.2) is 0 Å². The summed E-state index contributed by atoms with van der Waals surface area (Å²) >= 11 is 0. The van der Waals surface area contributed by atoms with Crippen molar-refractivity contribution in [3.8, 4) is 5.75 Å². The number of amides is 1. The summed E-state index contributed by atoms with van der Waals surface area (Å²) in [6.45, 7) is 2.45. The van der Waals surface area contributed by atoms with Gasteiger partial charge in [-0.1, -0.05) is 31.0 Å². The fourth-order valence-electron chi connectivity index (χ4n) is 5.34. The Morgan fingerprint density at radius 1 is 1.06 bits per heavy atom. The number of ether oxygens (including phenoxy) is 1. The maximum Gasteiger partial charge on any atom is 0.295 e. The van der Waals surface area contributed by atoms with E-state index in [9.17, 15) is 14.7 Å². The van der Waals surface area contributed by atoms with Gasteiger partial charge in [0.25, 0.3) is 11.7 Å². The molecule has 0 spiro atoms. The first-order chi connectivity index (χ1) is 16.0. The van der Waals surface area contributed by atoms with Gasteiger partial charge in [-0.15, -0.1) is 0 Å². The minimum Gasteiger partial charge on any atom is -0.507 e. The molecule has 1 aromatic heterocycles. The van der Waals surface area contributed by atoms with Crippen LogP contribution in [0.1, 0.15) is 49.8 Å². The van der Waals surface area contributed by atoms with Gasteiger partial charge in [-0.3, -0.25) is 9.59 Å². The Hall–Kier alpha value is -3.54. The van der Waals surface area contributed by atoms with E-state index in [2.05, 4.69) is 0 Å². The number of carbonyl (C=O) groups is 2. The van der Waals surface area contributed by atoms with Gasteiger partial charge in [-0.05, 0) is 50.1 Å². The lowest BCUT2D eigenvalue weighted by Crippen LogP contribution is -2.37. The second-order valence-corrected chi connectivity index (χ2v) is 8.81. The molecule has 6 nitrogen and oxygen atoms in total. The second kappa shape index (κ2) is 8.43. The molecule has 5 rings (SSSR count). The smallest absolute Gasteiger partial charge is 0.295 e. The molecule has 1 aliphatic heterocycles. The number of para-hydroxylation sites is 1. The predicted molar refractivity (Wildman–Crippen MR) is 127 cm³/mol. The van der Waals surface area contributed by atoms with Gasteiger partial charge >= 0.3 is 0 Å². The van der Waals surface area contributed by atoms with Crippen molar-refractivity contribution >= 4 is 28.4 Å². The molecule has 1 saturated heterocycles. The lowest BCUT2D eigenvalue weighted by atomic mass is 9.94. The van der Waals surface area contributed by atoms with Crippen molar-refractivity contribution in [3.05, 3.63) is 71.4 Å². The molecule has 2 aromatic carbocycles. The van der Waals surface area contributed by atoms with Gasteiger partial charge < -0.3 is 19.3 Å². The number of ketones is 1. The van der Waals surface area contributed by atoms with Crippen molar-refractivity contribution in [2.75, 3.05) is 6.61 Å². The highest BCUT2D eigenvalue weighted by Crippen LogP contribution is 2.45. The van der Waals surface area contributed by atoms with Gasteiger partial charge in [-0.25, -0.2) is 0 Å². The third kappa shape index (κ3) is 3.50. The fraction of sp³-hybridized carbons (Fsp3) is 0.333. The fourth-order valence-corrected chi connectivity index (χ4v) is 5.34. The summed E-state index contributed by atoms with van der Waals surface area (Å²) < 4.78 is 7.51.